The van der Waals surface area contributed by atoms with Crippen LogP contribution in [0.1, 0.15) is 6.42 Å². The highest BCUT2D eigenvalue weighted by molar-refractivity contribution is 7.91. The van der Waals surface area contributed by atoms with E-state index in [4.69, 9.17) is 0 Å². The Hall–Kier alpha value is -0.620. The third kappa shape index (κ3) is 4.17. The van der Waals surface area contributed by atoms with Gasteiger partial charge in [-0.3, -0.25) is 4.79 Å². The molecule has 1 aliphatic heterocycles. The van der Waals surface area contributed by atoms with Gasteiger partial charge in [0, 0.05) is 13.1 Å². The van der Waals surface area contributed by atoms with Gasteiger partial charge in [-0.1, -0.05) is 0 Å². The Morgan fingerprint density at radius 2 is 2.13 bits per heavy atom. The number of hydrogen-bond donors (Lipinski definition) is 1. The fourth-order valence-electron chi connectivity index (χ4n) is 1.55. The topological polar surface area (TPSA) is 66.5 Å². The maximum atomic E-state index is 11.5. The molecule has 88 valence electrons. The van der Waals surface area contributed by atoms with Crippen molar-refractivity contribution in [2.75, 3.05) is 38.7 Å². The Morgan fingerprint density at radius 1 is 1.47 bits per heavy atom. The van der Waals surface area contributed by atoms with Crippen LogP contribution in [0.25, 0.3) is 0 Å². The monoisotopic (exact) mass is 234 g/mol. The summed E-state index contributed by atoms with van der Waals surface area (Å²) in [5.41, 5.74) is 0. The van der Waals surface area contributed by atoms with Gasteiger partial charge in [-0.05, 0) is 20.5 Å². The first-order valence-electron chi connectivity index (χ1n) is 5.03. The maximum Gasteiger partial charge on any atom is 0.224 e. The largest absolute Gasteiger partial charge is 0.355 e. The predicted molar refractivity (Wildman–Crippen MR) is 58.3 cm³/mol. The number of likely N-dealkylation sites (N-methyl/N-ethyl adjacent to an activating group) is 1. The quantitative estimate of drug-likeness (QED) is 0.684. The molecule has 1 heterocycles. The van der Waals surface area contributed by atoms with Crippen LogP contribution in [0.15, 0.2) is 0 Å². The molecular weight excluding hydrogens is 216 g/mol. The van der Waals surface area contributed by atoms with E-state index in [0.717, 1.165) is 6.54 Å². The molecule has 6 heteroatoms. The third-order valence-electron chi connectivity index (χ3n) is 2.46. The SMILES string of the molecule is CN(C)CCNC(=O)C1CCS(=O)(=O)C1. The molecule has 0 saturated carbocycles. The van der Waals surface area contributed by atoms with Crippen molar-refractivity contribution in [2.24, 2.45) is 5.92 Å². The Balaban J connectivity index is 2.30. The van der Waals surface area contributed by atoms with E-state index >= 15 is 0 Å². The number of carbonyl (C=O) groups excluding carboxylic acids is 1. The second-order valence-corrected chi connectivity index (χ2v) is 6.42. The lowest BCUT2D eigenvalue weighted by Crippen LogP contribution is -2.36. The Morgan fingerprint density at radius 3 is 2.60 bits per heavy atom. The van der Waals surface area contributed by atoms with Crippen LogP contribution in [-0.4, -0.2) is 57.9 Å². The van der Waals surface area contributed by atoms with E-state index in [-0.39, 0.29) is 23.3 Å². The zero-order valence-electron chi connectivity index (χ0n) is 9.19. The van der Waals surface area contributed by atoms with Crippen molar-refractivity contribution in [1.29, 1.82) is 0 Å². The summed E-state index contributed by atoms with van der Waals surface area (Å²) in [4.78, 5) is 13.5. The number of nitrogens with one attached hydrogen (secondary N) is 1. The standard InChI is InChI=1S/C9H18N2O3S/c1-11(2)5-4-10-9(12)8-3-6-15(13,14)7-8/h8H,3-7H2,1-2H3,(H,10,12). The molecule has 0 aromatic heterocycles. The number of amides is 1. The highest BCUT2D eigenvalue weighted by atomic mass is 32.2. The van der Waals surface area contributed by atoms with Gasteiger partial charge in [0.2, 0.25) is 5.91 Å². The first kappa shape index (κ1) is 12.4. The van der Waals surface area contributed by atoms with Crippen LogP contribution in [-0.2, 0) is 14.6 Å². The highest BCUT2D eigenvalue weighted by Crippen LogP contribution is 2.18. The van der Waals surface area contributed by atoms with Gasteiger partial charge < -0.3 is 10.2 Å². The van der Waals surface area contributed by atoms with Crippen LogP contribution < -0.4 is 5.32 Å². The molecule has 0 aliphatic carbocycles. The molecule has 1 atom stereocenters. The predicted octanol–water partition coefficient (Wildman–Crippen LogP) is -0.901. The summed E-state index contributed by atoms with van der Waals surface area (Å²) < 4.78 is 22.3. The van der Waals surface area contributed by atoms with Crippen LogP contribution in [0.2, 0.25) is 0 Å². The molecule has 0 radical (unpaired) electrons. The molecule has 1 N–H and O–H groups in total. The van der Waals surface area contributed by atoms with Gasteiger partial charge in [-0.15, -0.1) is 0 Å². The number of sulfone groups is 1. The molecule has 1 saturated heterocycles. The first-order chi connectivity index (χ1) is 6.91. The summed E-state index contributed by atoms with van der Waals surface area (Å²) in [6, 6.07) is 0. The number of hydrogen-bond acceptors (Lipinski definition) is 4. The van der Waals surface area contributed by atoms with Crippen molar-refractivity contribution in [3.63, 3.8) is 0 Å². The van der Waals surface area contributed by atoms with Crippen LogP contribution in [0.4, 0.5) is 0 Å². The number of carbonyl (C=O) groups is 1. The van der Waals surface area contributed by atoms with Crippen molar-refractivity contribution in [3.05, 3.63) is 0 Å². The van der Waals surface area contributed by atoms with Gasteiger partial charge in [0.1, 0.15) is 0 Å². The van der Waals surface area contributed by atoms with Crippen LogP contribution in [0, 0.1) is 5.92 Å². The lowest BCUT2D eigenvalue weighted by molar-refractivity contribution is -0.124. The summed E-state index contributed by atoms with van der Waals surface area (Å²) >= 11 is 0. The van der Waals surface area contributed by atoms with E-state index < -0.39 is 9.84 Å². The molecule has 0 bridgehead atoms. The van der Waals surface area contributed by atoms with Crippen molar-refractivity contribution in [3.8, 4) is 0 Å². The van der Waals surface area contributed by atoms with E-state index in [1.54, 1.807) is 0 Å². The van der Waals surface area contributed by atoms with Crippen molar-refractivity contribution in [1.82, 2.24) is 10.2 Å². The first-order valence-corrected chi connectivity index (χ1v) is 6.86. The van der Waals surface area contributed by atoms with Crippen molar-refractivity contribution >= 4 is 15.7 Å². The maximum absolute atomic E-state index is 11.5. The van der Waals surface area contributed by atoms with Crippen LogP contribution in [0.3, 0.4) is 0 Å². The Labute approximate surface area is 90.7 Å². The normalized spacial score (nSPS) is 24.3. The molecule has 0 aromatic carbocycles. The fourth-order valence-corrected chi connectivity index (χ4v) is 3.29. The molecule has 1 amide bonds. The minimum Gasteiger partial charge on any atom is -0.355 e. The summed E-state index contributed by atoms with van der Waals surface area (Å²) in [5, 5.41) is 2.75. The summed E-state index contributed by atoms with van der Waals surface area (Å²) in [5.74, 6) is -0.297. The van der Waals surface area contributed by atoms with Gasteiger partial charge in [0.25, 0.3) is 0 Å². The van der Waals surface area contributed by atoms with Gasteiger partial charge >= 0.3 is 0 Å². The average molecular weight is 234 g/mol. The molecule has 5 nitrogen and oxygen atoms in total. The molecule has 1 fully saturated rings. The fraction of sp³-hybridized carbons (Fsp3) is 0.889. The van der Waals surface area contributed by atoms with Gasteiger partial charge in [0.05, 0.1) is 17.4 Å². The van der Waals surface area contributed by atoms with E-state index in [1.165, 1.54) is 0 Å². The number of rotatable bonds is 4. The number of nitrogens with zero attached hydrogens (tertiary/aromatic N) is 1. The van der Waals surface area contributed by atoms with E-state index in [0.29, 0.717) is 13.0 Å². The minimum absolute atomic E-state index is 0.0147. The second kappa shape index (κ2) is 4.94. The van der Waals surface area contributed by atoms with Crippen molar-refractivity contribution in [2.45, 2.75) is 6.42 Å². The van der Waals surface area contributed by atoms with E-state index in [2.05, 4.69) is 5.32 Å². The highest BCUT2D eigenvalue weighted by Gasteiger charge is 2.32. The zero-order chi connectivity index (χ0) is 11.5. The third-order valence-corrected chi connectivity index (χ3v) is 4.23. The Kier molecular flexibility index (Phi) is 4.10. The van der Waals surface area contributed by atoms with E-state index in [1.807, 2.05) is 19.0 Å². The lowest BCUT2D eigenvalue weighted by atomic mass is 10.1. The van der Waals surface area contributed by atoms with Crippen molar-refractivity contribution < 1.29 is 13.2 Å². The molecule has 1 unspecified atom stereocenters. The van der Waals surface area contributed by atoms with E-state index in [9.17, 15) is 13.2 Å². The molecular formula is C9H18N2O3S. The molecule has 1 aliphatic rings. The molecule has 15 heavy (non-hydrogen) atoms. The summed E-state index contributed by atoms with van der Waals surface area (Å²) in [6.45, 7) is 1.34. The summed E-state index contributed by atoms with van der Waals surface area (Å²) in [6.07, 6.45) is 0.468. The smallest absolute Gasteiger partial charge is 0.224 e. The Bertz CT molecular complexity index is 324. The van der Waals surface area contributed by atoms with Crippen LogP contribution >= 0.6 is 0 Å². The average Bonchev–Trinajstić information content (AvgIpc) is 2.45. The van der Waals surface area contributed by atoms with Gasteiger partial charge in [0.15, 0.2) is 9.84 Å². The zero-order valence-corrected chi connectivity index (χ0v) is 10.0. The molecule has 0 aromatic rings. The lowest BCUT2D eigenvalue weighted by Gasteiger charge is -2.12. The minimum atomic E-state index is -2.95. The van der Waals surface area contributed by atoms with Gasteiger partial charge in [-0.25, -0.2) is 8.42 Å². The molecule has 0 spiro atoms. The van der Waals surface area contributed by atoms with Gasteiger partial charge in [-0.2, -0.15) is 0 Å². The second-order valence-electron chi connectivity index (χ2n) is 4.19. The summed E-state index contributed by atoms with van der Waals surface area (Å²) in [7, 11) is 0.892. The van der Waals surface area contributed by atoms with Crippen LogP contribution in [0.5, 0.6) is 0 Å². The molecule has 1 rings (SSSR count).